The van der Waals surface area contributed by atoms with Gasteiger partial charge in [-0.05, 0) is 30.2 Å². The summed E-state index contributed by atoms with van der Waals surface area (Å²) < 4.78 is 5.46. The average molecular weight is 281 g/mol. The van der Waals surface area contributed by atoms with Crippen LogP contribution in [0.3, 0.4) is 0 Å². The van der Waals surface area contributed by atoms with E-state index in [0.29, 0.717) is 11.2 Å². The quantitative estimate of drug-likeness (QED) is 0.775. The molecule has 108 valence electrons. The smallest absolute Gasteiger partial charge is 0.122 e. The Balaban J connectivity index is 2.72. The third-order valence-electron chi connectivity index (χ3n) is 3.36. The molecule has 1 unspecified atom stereocenters. The molecule has 19 heavy (non-hydrogen) atoms. The Bertz CT molecular complexity index is 379. The van der Waals surface area contributed by atoms with Gasteiger partial charge in [0.05, 0.1) is 7.11 Å². The third-order valence-corrected chi connectivity index (χ3v) is 4.91. The van der Waals surface area contributed by atoms with Crippen molar-refractivity contribution >= 4 is 11.8 Å². The zero-order valence-corrected chi connectivity index (χ0v) is 13.6. The minimum absolute atomic E-state index is 0.669. The lowest BCUT2D eigenvalue weighted by Gasteiger charge is -2.16. The second-order valence-electron chi connectivity index (χ2n) is 5.19. The molecular formula is C16H27NOS. The molecule has 0 bridgehead atoms. The number of hydrogen-bond acceptors (Lipinski definition) is 3. The third kappa shape index (κ3) is 5.45. The molecule has 0 aromatic heterocycles. The van der Waals surface area contributed by atoms with Gasteiger partial charge in [0.1, 0.15) is 5.75 Å². The SMILES string of the molecule is CCNCc1ccc(OC)c(CSC(C)C(C)C)c1. The molecule has 1 aromatic rings. The van der Waals surface area contributed by atoms with Crippen molar-refractivity contribution in [2.75, 3.05) is 13.7 Å². The van der Waals surface area contributed by atoms with Crippen molar-refractivity contribution in [3.63, 3.8) is 0 Å². The van der Waals surface area contributed by atoms with E-state index in [4.69, 9.17) is 4.74 Å². The van der Waals surface area contributed by atoms with Crippen LogP contribution < -0.4 is 10.1 Å². The van der Waals surface area contributed by atoms with Crippen LogP contribution in [0.25, 0.3) is 0 Å². The van der Waals surface area contributed by atoms with Crippen LogP contribution in [0, 0.1) is 5.92 Å². The predicted octanol–water partition coefficient (Wildman–Crippen LogP) is 4.08. The fourth-order valence-electron chi connectivity index (χ4n) is 1.74. The van der Waals surface area contributed by atoms with Crippen LogP contribution in [0.5, 0.6) is 5.75 Å². The van der Waals surface area contributed by atoms with E-state index in [1.54, 1.807) is 7.11 Å². The summed E-state index contributed by atoms with van der Waals surface area (Å²) >= 11 is 2.00. The minimum Gasteiger partial charge on any atom is -0.496 e. The number of nitrogens with one attached hydrogen (secondary N) is 1. The van der Waals surface area contributed by atoms with Gasteiger partial charge in [-0.3, -0.25) is 0 Å². The standard InChI is InChI=1S/C16H27NOS/c1-6-17-10-14-7-8-16(18-5)15(9-14)11-19-13(4)12(2)3/h7-9,12-13,17H,6,10-11H2,1-5H3. The monoisotopic (exact) mass is 281 g/mol. The van der Waals surface area contributed by atoms with Crippen LogP contribution in [0.1, 0.15) is 38.8 Å². The van der Waals surface area contributed by atoms with E-state index in [1.807, 2.05) is 11.8 Å². The Morgan fingerprint density at radius 2 is 2.00 bits per heavy atom. The predicted molar refractivity (Wildman–Crippen MR) is 86.0 cm³/mol. The van der Waals surface area contributed by atoms with Gasteiger partial charge in [0, 0.05) is 23.1 Å². The molecular weight excluding hydrogens is 254 g/mol. The van der Waals surface area contributed by atoms with Gasteiger partial charge in [-0.25, -0.2) is 0 Å². The molecule has 2 nitrogen and oxygen atoms in total. The number of methoxy groups -OCH3 is 1. The topological polar surface area (TPSA) is 21.3 Å². The fourth-order valence-corrected chi connectivity index (χ4v) is 2.79. The molecule has 0 fully saturated rings. The first kappa shape index (κ1) is 16.4. The molecule has 0 spiro atoms. The van der Waals surface area contributed by atoms with E-state index in [1.165, 1.54) is 11.1 Å². The lowest BCUT2D eigenvalue weighted by molar-refractivity contribution is 0.411. The zero-order chi connectivity index (χ0) is 14.3. The summed E-state index contributed by atoms with van der Waals surface area (Å²) in [5.41, 5.74) is 2.63. The second kappa shape index (κ2) is 8.49. The van der Waals surface area contributed by atoms with E-state index in [-0.39, 0.29) is 0 Å². The van der Waals surface area contributed by atoms with Gasteiger partial charge in [-0.1, -0.05) is 33.8 Å². The Kier molecular flexibility index (Phi) is 7.32. The number of ether oxygens (including phenoxy) is 1. The van der Waals surface area contributed by atoms with Gasteiger partial charge >= 0.3 is 0 Å². The largest absolute Gasteiger partial charge is 0.496 e. The molecule has 0 aliphatic carbocycles. The molecule has 0 heterocycles. The van der Waals surface area contributed by atoms with Crippen molar-refractivity contribution in [1.29, 1.82) is 0 Å². The van der Waals surface area contributed by atoms with Gasteiger partial charge in [-0.2, -0.15) is 11.8 Å². The van der Waals surface area contributed by atoms with E-state index in [0.717, 1.165) is 24.6 Å². The van der Waals surface area contributed by atoms with Crippen molar-refractivity contribution in [1.82, 2.24) is 5.32 Å². The van der Waals surface area contributed by atoms with Crippen LogP contribution in [0.4, 0.5) is 0 Å². The number of rotatable bonds is 8. The van der Waals surface area contributed by atoms with Gasteiger partial charge < -0.3 is 10.1 Å². The highest BCUT2D eigenvalue weighted by Crippen LogP contribution is 2.28. The first-order valence-electron chi connectivity index (χ1n) is 7.06. The Hall–Kier alpha value is -0.670. The summed E-state index contributed by atoms with van der Waals surface area (Å²) in [6, 6.07) is 6.49. The number of hydrogen-bond donors (Lipinski definition) is 1. The second-order valence-corrected chi connectivity index (χ2v) is 6.55. The molecule has 0 aliphatic heterocycles. The highest BCUT2D eigenvalue weighted by molar-refractivity contribution is 7.99. The summed E-state index contributed by atoms with van der Waals surface area (Å²) in [6.07, 6.45) is 0. The molecule has 0 saturated heterocycles. The number of benzene rings is 1. The summed E-state index contributed by atoms with van der Waals surface area (Å²) in [7, 11) is 1.75. The summed E-state index contributed by atoms with van der Waals surface area (Å²) in [5.74, 6) is 2.73. The Labute approximate surface area is 122 Å². The van der Waals surface area contributed by atoms with E-state index < -0.39 is 0 Å². The maximum atomic E-state index is 5.46. The van der Waals surface area contributed by atoms with Crippen LogP contribution in [0.15, 0.2) is 18.2 Å². The first-order chi connectivity index (χ1) is 9.08. The van der Waals surface area contributed by atoms with Crippen molar-refractivity contribution in [3.05, 3.63) is 29.3 Å². The Morgan fingerprint density at radius 1 is 1.26 bits per heavy atom. The summed E-state index contributed by atoms with van der Waals surface area (Å²) in [5, 5.41) is 4.03. The van der Waals surface area contributed by atoms with Crippen molar-refractivity contribution in [2.45, 2.75) is 45.2 Å². The summed E-state index contributed by atoms with van der Waals surface area (Å²) in [4.78, 5) is 0. The fraction of sp³-hybridized carbons (Fsp3) is 0.625. The van der Waals surface area contributed by atoms with Crippen LogP contribution in [-0.2, 0) is 12.3 Å². The molecule has 1 N–H and O–H groups in total. The average Bonchev–Trinajstić information content (AvgIpc) is 2.42. The van der Waals surface area contributed by atoms with E-state index in [9.17, 15) is 0 Å². The van der Waals surface area contributed by atoms with E-state index in [2.05, 4.69) is 51.2 Å². The Morgan fingerprint density at radius 3 is 2.58 bits per heavy atom. The van der Waals surface area contributed by atoms with Crippen molar-refractivity contribution in [2.24, 2.45) is 5.92 Å². The molecule has 3 heteroatoms. The maximum Gasteiger partial charge on any atom is 0.122 e. The molecule has 0 radical (unpaired) electrons. The lowest BCUT2D eigenvalue weighted by atomic mass is 10.1. The molecule has 0 aliphatic rings. The minimum atomic E-state index is 0.669. The van der Waals surface area contributed by atoms with E-state index >= 15 is 0 Å². The number of thioether (sulfide) groups is 1. The van der Waals surface area contributed by atoms with Gasteiger partial charge in [-0.15, -0.1) is 0 Å². The van der Waals surface area contributed by atoms with Crippen LogP contribution >= 0.6 is 11.8 Å². The molecule has 0 amide bonds. The van der Waals surface area contributed by atoms with Gasteiger partial charge in [0.25, 0.3) is 0 Å². The zero-order valence-electron chi connectivity index (χ0n) is 12.8. The molecule has 1 atom stereocenters. The van der Waals surface area contributed by atoms with Crippen molar-refractivity contribution < 1.29 is 4.74 Å². The first-order valence-corrected chi connectivity index (χ1v) is 8.11. The molecule has 1 rings (SSSR count). The highest BCUT2D eigenvalue weighted by Gasteiger charge is 2.10. The maximum absolute atomic E-state index is 5.46. The summed E-state index contributed by atoms with van der Waals surface area (Å²) in [6.45, 7) is 10.9. The highest BCUT2D eigenvalue weighted by atomic mass is 32.2. The van der Waals surface area contributed by atoms with Crippen LogP contribution in [-0.4, -0.2) is 18.9 Å². The molecule has 0 saturated carbocycles. The lowest BCUT2D eigenvalue weighted by Crippen LogP contribution is -2.12. The van der Waals surface area contributed by atoms with Crippen LogP contribution in [0.2, 0.25) is 0 Å². The molecule has 1 aromatic carbocycles. The van der Waals surface area contributed by atoms with Gasteiger partial charge in [0.15, 0.2) is 0 Å². The van der Waals surface area contributed by atoms with Crippen molar-refractivity contribution in [3.8, 4) is 5.75 Å². The normalized spacial score (nSPS) is 12.7. The van der Waals surface area contributed by atoms with Gasteiger partial charge in [0.2, 0.25) is 0 Å².